The maximum atomic E-state index is 6.55. The van der Waals surface area contributed by atoms with Gasteiger partial charge in [0.1, 0.15) is 6.61 Å². The van der Waals surface area contributed by atoms with Gasteiger partial charge in [0.05, 0.1) is 46.1 Å². The molecule has 0 atom stereocenters. The molecule has 3 aromatic carbocycles. The van der Waals surface area contributed by atoms with Crippen LogP contribution in [0.5, 0.6) is 11.5 Å². The van der Waals surface area contributed by atoms with Gasteiger partial charge in [-0.25, -0.2) is 0 Å². The van der Waals surface area contributed by atoms with Crippen molar-refractivity contribution in [3.05, 3.63) is 79.7 Å². The van der Waals surface area contributed by atoms with Gasteiger partial charge < -0.3 is 24.4 Å². The zero-order valence-electron chi connectivity index (χ0n) is 18.5. The van der Waals surface area contributed by atoms with Crippen LogP contribution in [0.25, 0.3) is 0 Å². The third kappa shape index (κ3) is 6.15. The Hall–Kier alpha value is -2.02. The molecular weight excluding hydrogens is 518 g/mol. The lowest BCUT2D eigenvalue weighted by molar-refractivity contribution is 0.122. The van der Waals surface area contributed by atoms with Crippen molar-refractivity contribution in [1.82, 2.24) is 0 Å². The zero-order chi connectivity index (χ0) is 24.1. The highest BCUT2D eigenvalue weighted by molar-refractivity contribution is 6.42. The Kier molecular flexibility index (Phi) is 8.56. The summed E-state index contributed by atoms with van der Waals surface area (Å²) in [6.07, 6.45) is 0. The molecule has 1 aliphatic rings. The highest BCUT2D eigenvalue weighted by Gasteiger charge is 2.15. The summed E-state index contributed by atoms with van der Waals surface area (Å²) >= 11 is 25.1. The van der Waals surface area contributed by atoms with Gasteiger partial charge in [-0.15, -0.1) is 0 Å². The molecule has 180 valence electrons. The molecule has 0 amide bonds. The molecule has 3 aromatic rings. The van der Waals surface area contributed by atoms with E-state index in [9.17, 15) is 0 Å². The molecule has 9 heteroatoms. The van der Waals surface area contributed by atoms with E-state index in [2.05, 4.69) is 10.2 Å². The summed E-state index contributed by atoms with van der Waals surface area (Å²) in [5, 5.41) is 5.52. The van der Waals surface area contributed by atoms with Crippen molar-refractivity contribution in [1.29, 1.82) is 0 Å². The van der Waals surface area contributed by atoms with Gasteiger partial charge in [-0.2, -0.15) is 0 Å². The Bertz CT molecular complexity index is 1150. The molecule has 0 radical (unpaired) electrons. The highest BCUT2D eigenvalue weighted by atomic mass is 35.5. The first kappa shape index (κ1) is 25.1. The summed E-state index contributed by atoms with van der Waals surface area (Å²) < 4.78 is 16.9. The van der Waals surface area contributed by atoms with E-state index in [0.29, 0.717) is 51.3 Å². The van der Waals surface area contributed by atoms with E-state index in [1.165, 1.54) is 0 Å². The largest absolute Gasteiger partial charge is 0.493 e. The highest BCUT2D eigenvalue weighted by Crippen LogP contribution is 2.38. The third-order valence-electron chi connectivity index (χ3n) is 5.45. The number of methoxy groups -OCH3 is 1. The first-order chi connectivity index (χ1) is 16.4. The smallest absolute Gasteiger partial charge is 0.180 e. The number of hydrogen-bond donors (Lipinski definition) is 1. The summed E-state index contributed by atoms with van der Waals surface area (Å²) in [5.74, 6) is 1.02. The van der Waals surface area contributed by atoms with E-state index in [0.717, 1.165) is 35.6 Å². The molecule has 0 unspecified atom stereocenters. The minimum Gasteiger partial charge on any atom is -0.493 e. The number of morpholine rings is 1. The quantitative estimate of drug-likeness (QED) is 0.323. The van der Waals surface area contributed by atoms with Crippen LogP contribution in [0.2, 0.25) is 20.1 Å². The molecule has 1 aliphatic heterocycles. The first-order valence-electron chi connectivity index (χ1n) is 10.7. The fourth-order valence-corrected chi connectivity index (χ4v) is 4.59. The van der Waals surface area contributed by atoms with Gasteiger partial charge in [-0.05, 0) is 53.6 Å². The van der Waals surface area contributed by atoms with Crippen molar-refractivity contribution >= 4 is 57.8 Å². The van der Waals surface area contributed by atoms with Gasteiger partial charge in [0.2, 0.25) is 0 Å². The van der Waals surface area contributed by atoms with E-state index in [4.69, 9.17) is 60.6 Å². The predicted molar refractivity (Wildman–Crippen MR) is 141 cm³/mol. The van der Waals surface area contributed by atoms with Crippen LogP contribution in [-0.2, 0) is 17.9 Å². The molecule has 1 fully saturated rings. The Morgan fingerprint density at radius 3 is 2.32 bits per heavy atom. The fraction of sp³-hybridized carbons (Fsp3) is 0.280. The molecule has 0 aromatic heterocycles. The molecule has 4 rings (SSSR count). The number of hydrogen-bond acceptors (Lipinski definition) is 5. The Balaban J connectivity index is 1.42. The Labute approximate surface area is 219 Å². The number of nitrogens with one attached hydrogen (secondary N) is 1. The topological polar surface area (TPSA) is 43.0 Å². The van der Waals surface area contributed by atoms with Gasteiger partial charge in [0.15, 0.2) is 11.5 Å². The summed E-state index contributed by atoms with van der Waals surface area (Å²) in [4.78, 5) is 2.23. The zero-order valence-corrected chi connectivity index (χ0v) is 21.6. The van der Waals surface area contributed by atoms with E-state index >= 15 is 0 Å². The van der Waals surface area contributed by atoms with Crippen LogP contribution in [0, 0.1) is 0 Å². The third-order valence-corrected chi connectivity index (χ3v) is 6.78. The molecule has 0 aliphatic carbocycles. The average Bonchev–Trinajstić information content (AvgIpc) is 2.84. The molecule has 0 spiro atoms. The van der Waals surface area contributed by atoms with Crippen molar-refractivity contribution < 1.29 is 14.2 Å². The Morgan fingerprint density at radius 2 is 1.62 bits per heavy atom. The van der Waals surface area contributed by atoms with Gasteiger partial charge in [-0.3, -0.25) is 0 Å². The molecule has 1 N–H and O–H groups in total. The van der Waals surface area contributed by atoms with Gasteiger partial charge in [0.25, 0.3) is 0 Å². The number of anilines is 2. The van der Waals surface area contributed by atoms with E-state index < -0.39 is 0 Å². The number of ether oxygens (including phenoxy) is 3. The number of halogens is 4. The fourth-order valence-electron chi connectivity index (χ4n) is 3.68. The lowest BCUT2D eigenvalue weighted by Crippen LogP contribution is -2.36. The summed E-state index contributed by atoms with van der Waals surface area (Å²) in [6.45, 7) is 3.92. The maximum absolute atomic E-state index is 6.55. The minimum absolute atomic E-state index is 0.276. The SMILES string of the molecule is COc1cc(CNc2ccc(N3CCOCC3)c(Cl)c2)cc(Cl)c1OCc1ccc(Cl)c(Cl)c1. The van der Waals surface area contributed by atoms with Crippen LogP contribution in [-0.4, -0.2) is 33.4 Å². The summed E-state index contributed by atoms with van der Waals surface area (Å²) in [7, 11) is 1.58. The first-order valence-corrected chi connectivity index (χ1v) is 12.2. The van der Waals surface area contributed by atoms with Gasteiger partial charge in [-0.1, -0.05) is 52.5 Å². The summed E-state index contributed by atoms with van der Waals surface area (Å²) in [6, 6.07) is 15.1. The lowest BCUT2D eigenvalue weighted by atomic mass is 10.1. The van der Waals surface area contributed by atoms with Crippen molar-refractivity contribution in [3.8, 4) is 11.5 Å². The van der Waals surface area contributed by atoms with Crippen molar-refractivity contribution in [2.45, 2.75) is 13.2 Å². The van der Waals surface area contributed by atoms with Crippen LogP contribution >= 0.6 is 46.4 Å². The maximum Gasteiger partial charge on any atom is 0.180 e. The van der Waals surface area contributed by atoms with Crippen LogP contribution in [0.4, 0.5) is 11.4 Å². The molecular formula is C25H24Cl4N2O3. The minimum atomic E-state index is 0.276. The molecule has 0 saturated carbocycles. The van der Waals surface area contributed by atoms with Gasteiger partial charge >= 0.3 is 0 Å². The normalized spacial score (nSPS) is 13.6. The second-order valence-corrected chi connectivity index (χ2v) is 9.39. The number of benzene rings is 3. The number of nitrogens with zero attached hydrogens (tertiary/aromatic N) is 1. The van der Waals surface area contributed by atoms with Crippen molar-refractivity contribution in [2.75, 3.05) is 43.6 Å². The molecule has 1 saturated heterocycles. The molecule has 1 heterocycles. The van der Waals surface area contributed by atoms with Gasteiger partial charge in [0, 0.05) is 25.3 Å². The van der Waals surface area contributed by atoms with E-state index in [1.807, 2.05) is 36.4 Å². The van der Waals surface area contributed by atoms with Crippen molar-refractivity contribution in [2.24, 2.45) is 0 Å². The van der Waals surface area contributed by atoms with Crippen molar-refractivity contribution in [3.63, 3.8) is 0 Å². The van der Waals surface area contributed by atoms with E-state index in [1.54, 1.807) is 19.2 Å². The molecule has 5 nitrogen and oxygen atoms in total. The van der Waals surface area contributed by atoms with E-state index in [-0.39, 0.29) is 6.61 Å². The Morgan fingerprint density at radius 1 is 0.853 bits per heavy atom. The average molecular weight is 542 g/mol. The van der Waals surface area contributed by atoms with Crippen LogP contribution in [0.3, 0.4) is 0 Å². The molecule has 0 bridgehead atoms. The number of rotatable bonds is 8. The monoisotopic (exact) mass is 540 g/mol. The summed E-state index contributed by atoms with van der Waals surface area (Å²) in [5.41, 5.74) is 3.74. The standard InChI is InChI=1S/C25H24Cl4N2O3/c1-32-24-12-17(11-22(29)25(24)34-15-16-2-4-19(26)20(27)10-16)14-30-18-3-5-23(21(28)13-18)31-6-8-33-9-7-31/h2-5,10-13,30H,6-9,14-15H2,1H3. The lowest BCUT2D eigenvalue weighted by Gasteiger charge is -2.29. The van der Waals surface area contributed by atoms with Crippen LogP contribution < -0.4 is 19.7 Å². The second kappa shape index (κ2) is 11.6. The second-order valence-electron chi connectivity index (χ2n) is 7.77. The van der Waals surface area contributed by atoms with Crippen LogP contribution in [0.15, 0.2) is 48.5 Å². The van der Waals surface area contributed by atoms with Crippen LogP contribution in [0.1, 0.15) is 11.1 Å². The molecule has 34 heavy (non-hydrogen) atoms. The predicted octanol–water partition coefficient (Wildman–Crippen LogP) is 7.34.